The number of rotatable bonds is 8. The highest BCUT2D eigenvalue weighted by Crippen LogP contribution is 2.42. The lowest BCUT2D eigenvalue weighted by atomic mass is 9.95. The summed E-state index contributed by atoms with van der Waals surface area (Å²) in [6.07, 6.45) is 1.50. The minimum Gasteiger partial charge on any atom is -0.507 e. The van der Waals surface area contributed by atoms with E-state index in [1.165, 1.54) is 25.4 Å². The van der Waals surface area contributed by atoms with Gasteiger partial charge in [-0.1, -0.05) is 12.1 Å². The van der Waals surface area contributed by atoms with Crippen LogP contribution in [0.4, 0.5) is 0 Å². The molecule has 1 atom stereocenters. The Labute approximate surface area is 197 Å². The monoisotopic (exact) mass is 463 g/mol. The van der Waals surface area contributed by atoms with Crippen molar-refractivity contribution in [1.29, 1.82) is 0 Å². The molecule has 8 heteroatoms. The second-order valence-electron chi connectivity index (χ2n) is 7.57. The number of carbonyl (C=O) groups is 2. The minimum absolute atomic E-state index is 0.0378. The molecule has 1 aliphatic rings. The largest absolute Gasteiger partial charge is 0.507 e. The van der Waals surface area contributed by atoms with Gasteiger partial charge in [0.25, 0.3) is 11.7 Å². The molecule has 176 valence electrons. The van der Waals surface area contributed by atoms with Crippen molar-refractivity contribution >= 4 is 17.4 Å². The zero-order chi connectivity index (χ0) is 24.2. The molecule has 1 aromatic heterocycles. The van der Waals surface area contributed by atoms with Crippen molar-refractivity contribution in [1.82, 2.24) is 4.90 Å². The second kappa shape index (κ2) is 9.74. The van der Waals surface area contributed by atoms with Gasteiger partial charge in [-0.15, -0.1) is 0 Å². The van der Waals surface area contributed by atoms with E-state index in [0.29, 0.717) is 35.2 Å². The summed E-state index contributed by atoms with van der Waals surface area (Å²) >= 11 is 0. The third kappa shape index (κ3) is 4.22. The number of furan rings is 1. The molecule has 3 aromatic rings. The number of aliphatic hydroxyl groups is 1. The fourth-order valence-electron chi connectivity index (χ4n) is 4.01. The maximum Gasteiger partial charge on any atom is 0.296 e. The normalized spacial score (nSPS) is 17.1. The Morgan fingerprint density at radius 1 is 1.03 bits per heavy atom. The van der Waals surface area contributed by atoms with Crippen LogP contribution in [0.3, 0.4) is 0 Å². The fraction of sp³-hybridized carbons (Fsp3) is 0.231. The lowest BCUT2D eigenvalue weighted by Crippen LogP contribution is -2.29. The fourth-order valence-corrected chi connectivity index (χ4v) is 4.01. The summed E-state index contributed by atoms with van der Waals surface area (Å²) in [5, 5.41) is 11.3. The van der Waals surface area contributed by atoms with Crippen molar-refractivity contribution in [2.75, 3.05) is 20.8 Å². The highest BCUT2D eigenvalue weighted by molar-refractivity contribution is 6.46. The molecule has 2 heterocycles. The van der Waals surface area contributed by atoms with Gasteiger partial charge >= 0.3 is 0 Å². The molecular weight excluding hydrogens is 438 g/mol. The lowest BCUT2D eigenvalue weighted by molar-refractivity contribution is -0.140. The predicted octanol–water partition coefficient (Wildman–Crippen LogP) is 4.32. The van der Waals surface area contributed by atoms with Crippen LogP contribution in [0.1, 0.15) is 29.9 Å². The predicted molar refractivity (Wildman–Crippen MR) is 124 cm³/mol. The first kappa shape index (κ1) is 23.0. The van der Waals surface area contributed by atoms with Gasteiger partial charge in [-0.3, -0.25) is 9.59 Å². The Kier molecular flexibility index (Phi) is 6.58. The van der Waals surface area contributed by atoms with Crippen molar-refractivity contribution in [2.24, 2.45) is 0 Å². The quantitative estimate of drug-likeness (QED) is 0.302. The lowest BCUT2D eigenvalue weighted by Gasteiger charge is -2.25. The molecular formula is C26H25NO7. The number of likely N-dealkylation sites (tertiary alicyclic amines) is 1. The molecule has 2 aromatic carbocycles. The van der Waals surface area contributed by atoms with Gasteiger partial charge in [0.15, 0.2) is 0 Å². The third-order valence-electron chi connectivity index (χ3n) is 5.62. The third-order valence-corrected chi connectivity index (χ3v) is 5.62. The molecule has 1 aliphatic heterocycles. The maximum absolute atomic E-state index is 13.2. The van der Waals surface area contributed by atoms with Gasteiger partial charge in [-0.05, 0) is 48.9 Å². The zero-order valence-corrected chi connectivity index (χ0v) is 19.1. The van der Waals surface area contributed by atoms with Crippen LogP contribution in [0.25, 0.3) is 5.76 Å². The number of methoxy groups -OCH3 is 2. The van der Waals surface area contributed by atoms with E-state index < -0.39 is 17.7 Å². The van der Waals surface area contributed by atoms with Gasteiger partial charge in [-0.2, -0.15) is 0 Å². The van der Waals surface area contributed by atoms with E-state index in [9.17, 15) is 14.7 Å². The van der Waals surface area contributed by atoms with Crippen LogP contribution in [0.5, 0.6) is 17.2 Å². The number of hydrogen-bond acceptors (Lipinski definition) is 7. The molecule has 1 unspecified atom stereocenters. The number of benzene rings is 2. The summed E-state index contributed by atoms with van der Waals surface area (Å²) in [5.74, 6) is 0.143. The number of hydrogen-bond donors (Lipinski definition) is 1. The summed E-state index contributed by atoms with van der Waals surface area (Å²) in [5.41, 5.74) is 0.877. The van der Waals surface area contributed by atoms with E-state index in [1.807, 2.05) is 6.92 Å². The van der Waals surface area contributed by atoms with Crippen molar-refractivity contribution < 1.29 is 33.3 Å². The Balaban J connectivity index is 1.86. The van der Waals surface area contributed by atoms with Gasteiger partial charge in [0.05, 0.1) is 50.8 Å². The van der Waals surface area contributed by atoms with E-state index in [4.69, 9.17) is 18.6 Å². The molecule has 1 saturated heterocycles. The first-order valence-corrected chi connectivity index (χ1v) is 10.7. The topological polar surface area (TPSA) is 98.4 Å². The van der Waals surface area contributed by atoms with Crippen LogP contribution in [-0.2, 0) is 16.1 Å². The first-order valence-electron chi connectivity index (χ1n) is 10.7. The number of ketones is 1. The number of Topliss-reactive ketones (excluding diaryl/α,β-unsaturated/α-hetero) is 1. The van der Waals surface area contributed by atoms with Gasteiger partial charge in [0.2, 0.25) is 0 Å². The van der Waals surface area contributed by atoms with Gasteiger partial charge in [-0.25, -0.2) is 0 Å². The number of carbonyl (C=O) groups excluding carboxylic acids is 2. The average Bonchev–Trinajstić information content (AvgIpc) is 3.46. The molecule has 1 N–H and O–H groups in total. The standard InChI is InChI=1S/C26H25NO7/c1-4-33-17-9-7-16(8-10-17)23-22(24(28)20-12-11-18(31-2)14-21(20)32-3)25(29)26(30)27(23)15-19-6-5-13-34-19/h5-14,23,28H,4,15H2,1-3H3/b24-22-. The van der Waals surface area contributed by atoms with Gasteiger partial charge < -0.3 is 28.6 Å². The van der Waals surface area contributed by atoms with Crippen molar-refractivity contribution in [2.45, 2.75) is 19.5 Å². The Hall–Kier alpha value is -4.20. The van der Waals surface area contributed by atoms with Crippen molar-refractivity contribution in [3.63, 3.8) is 0 Å². The van der Waals surface area contributed by atoms with E-state index in [1.54, 1.807) is 54.6 Å². The summed E-state index contributed by atoms with van der Waals surface area (Å²) < 4.78 is 21.6. The van der Waals surface area contributed by atoms with Crippen LogP contribution < -0.4 is 14.2 Å². The number of nitrogens with zero attached hydrogens (tertiary/aromatic N) is 1. The number of aliphatic hydroxyl groups excluding tert-OH is 1. The molecule has 0 bridgehead atoms. The Morgan fingerprint density at radius 2 is 1.76 bits per heavy atom. The van der Waals surface area contributed by atoms with Crippen LogP contribution in [0, 0.1) is 0 Å². The van der Waals surface area contributed by atoms with E-state index in [0.717, 1.165) is 0 Å². The summed E-state index contributed by atoms with van der Waals surface area (Å²) in [4.78, 5) is 27.7. The Bertz CT molecular complexity index is 1210. The Morgan fingerprint density at radius 3 is 2.38 bits per heavy atom. The molecule has 1 amide bonds. The van der Waals surface area contributed by atoms with Crippen molar-refractivity contribution in [3.8, 4) is 17.2 Å². The van der Waals surface area contributed by atoms with E-state index in [2.05, 4.69) is 0 Å². The molecule has 8 nitrogen and oxygen atoms in total. The van der Waals surface area contributed by atoms with Crippen LogP contribution >= 0.6 is 0 Å². The number of ether oxygens (including phenoxy) is 3. The van der Waals surface area contributed by atoms with Crippen LogP contribution in [-0.4, -0.2) is 42.5 Å². The highest BCUT2D eigenvalue weighted by atomic mass is 16.5. The first-order chi connectivity index (χ1) is 16.5. The van der Waals surface area contributed by atoms with Gasteiger partial charge in [0.1, 0.15) is 28.8 Å². The highest BCUT2D eigenvalue weighted by Gasteiger charge is 2.46. The summed E-state index contributed by atoms with van der Waals surface area (Å²) in [6.45, 7) is 2.45. The molecule has 1 fully saturated rings. The molecule has 4 rings (SSSR count). The SMILES string of the molecule is CCOc1ccc(C2/C(=C(/O)c3ccc(OC)cc3OC)C(=O)C(=O)N2Cc2ccco2)cc1. The summed E-state index contributed by atoms with van der Waals surface area (Å²) in [7, 11) is 2.96. The van der Waals surface area contributed by atoms with E-state index in [-0.39, 0.29) is 23.4 Å². The molecule has 34 heavy (non-hydrogen) atoms. The minimum atomic E-state index is -0.840. The zero-order valence-electron chi connectivity index (χ0n) is 19.1. The van der Waals surface area contributed by atoms with Crippen LogP contribution in [0.15, 0.2) is 70.9 Å². The number of amides is 1. The molecule has 0 radical (unpaired) electrons. The maximum atomic E-state index is 13.2. The molecule has 0 aliphatic carbocycles. The second-order valence-corrected chi connectivity index (χ2v) is 7.57. The van der Waals surface area contributed by atoms with E-state index >= 15 is 0 Å². The van der Waals surface area contributed by atoms with Crippen molar-refractivity contribution in [3.05, 3.63) is 83.3 Å². The van der Waals surface area contributed by atoms with Crippen LogP contribution in [0.2, 0.25) is 0 Å². The smallest absolute Gasteiger partial charge is 0.296 e. The molecule has 0 spiro atoms. The summed E-state index contributed by atoms with van der Waals surface area (Å²) in [6, 6.07) is 14.5. The van der Waals surface area contributed by atoms with Gasteiger partial charge in [0, 0.05) is 6.07 Å². The average molecular weight is 463 g/mol. The molecule has 0 saturated carbocycles.